The third-order valence-corrected chi connectivity index (χ3v) is 5.05. The van der Waals surface area contributed by atoms with Crippen molar-refractivity contribution >= 4 is 0 Å². The van der Waals surface area contributed by atoms with E-state index >= 15 is 0 Å². The van der Waals surface area contributed by atoms with Gasteiger partial charge in [-0.2, -0.15) is 0 Å². The van der Waals surface area contributed by atoms with E-state index in [1.165, 1.54) is 31.5 Å². The van der Waals surface area contributed by atoms with Gasteiger partial charge in [0, 0.05) is 44.4 Å². The molecule has 1 saturated carbocycles. The summed E-state index contributed by atoms with van der Waals surface area (Å²) in [5.74, 6) is 2.01. The number of nitrogens with zero attached hydrogens (tertiary/aromatic N) is 2. The van der Waals surface area contributed by atoms with Crippen LogP contribution in [0.2, 0.25) is 0 Å². The van der Waals surface area contributed by atoms with Gasteiger partial charge in [-0.25, -0.2) is 4.98 Å². The lowest BCUT2D eigenvalue weighted by atomic mass is 9.75. The van der Waals surface area contributed by atoms with Crippen molar-refractivity contribution in [1.82, 2.24) is 14.9 Å². The second-order valence-corrected chi connectivity index (χ2v) is 6.48. The monoisotopic (exact) mass is 277 g/mol. The second-order valence-electron chi connectivity index (χ2n) is 6.48. The lowest BCUT2D eigenvalue weighted by molar-refractivity contribution is 0.0266. The summed E-state index contributed by atoms with van der Waals surface area (Å²) in [7, 11) is 2.09. The van der Waals surface area contributed by atoms with Crippen molar-refractivity contribution in [2.75, 3.05) is 19.7 Å². The fourth-order valence-corrected chi connectivity index (χ4v) is 3.66. The fourth-order valence-electron chi connectivity index (χ4n) is 3.66. The number of hydrogen-bond acceptors (Lipinski definition) is 3. The zero-order valence-corrected chi connectivity index (χ0v) is 12.8. The van der Waals surface area contributed by atoms with Gasteiger partial charge in [-0.15, -0.1) is 0 Å². The summed E-state index contributed by atoms with van der Waals surface area (Å²) in [4.78, 5) is 4.48. The highest BCUT2D eigenvalue weighted by Crippen LogP contribution is 2.49. The van der Waals surface area contributed by atoms with Gasteiger partial charge in [0.05, 0.1) is 6.10 Å². The van der Waals surface area contributed by atoms with Gasteiger partial charge in [-0.1, -0.05) is 6.92 Å². The molecule has 0 bridgehead atoms. The molecule has 0 amide bonds. The van der Waals surface area contributed by atoms with Crippen molar-refractivity contribution < 1.29 is 4.74 Å². The summed E-state index contributed by atoms with van der Waals surface area (Å²) < 4.78 is 8.26. The Hall–Kier alpha value is -0.870. The van der Waals surface area contributed by atoms with Gasteiger partial charge in [-0.3, -0.25) is 0 Å². The van der Waals surface area contributed by atoms with Crippen LogP contribution in [0.1, 0.15) is 38.4 Å². The molecule has 4 nitrogen and oxygen atoms in total. The van der Waals surface area contributed by atoms with Gasteiger partial charge < -0.3 is 14.6 Å². The van der Waals surface area contributed by atoms with E-state index in [2.05, 4.69) is 28.8 Å². The number of hydrogen-bond donors (Lipinski definition) is 1. The third kappa shape index (κ3) is 2.77. The van der Waals surface area contributed by atoms with Crippen molar-refractivity contribution in [3.63, 3.8) is 0 Å². The van der Waals surface area contributed by atoms with E-state index in [1.54, 1.807) is 0 Å². The lowest BCUT2D eigenvalue weighted by Crippen LogP contribution is -2.42. The molecule has 2 unspecified atom stereocenters. The standard InChI is InChI=1S/C16H27N3O/c1-3-17-12-16(7-6-14-18-9-10-19(14)2)8-11-20-15(16)13-4-5-13/h9-10,13,15,17H,3-8,11-12H2,1-2H3. The van der Waals surface area contributed by atoms with Crippen molar-refractivity contribution in [2.24, 2.45) is 18.4 Å². The Morgan fingerprint density at radius 3 is 3.00 bits per heavy atom. The number of rotatable bonds is 7. The summed E-state index contributed by atoms with van der Waals surface area (Å²) in [6.07, 6.45) is 10.6. The average Bonchev–Trinajstić information content (AvgIpc) is 3.08. The quantitative estimate of drug-likeness (QED) is 0.830. The van der Waals surface area contributed by atoms with Crippen LogP contribution in [0.3, 0.4) is 0 Å². The molecule has 2 fully saturated rings. The number of aryl methyl sites for hydroxylation is 2. The number of nitrogens with one attached hydrogen (secondary N) is 1. The molecule has 0 radical (unpaired) electrons. The largest absolute Gasteiger partial charge is 0.377 e. The molecule has 1 aliphatic heterocycles. The Bertz CT molecular complexity index is 441. The van der Waals surface area contributed by atoms with E-state index in [-0.39, 0.29) is 0 Å². The van der Waals surface area contributed by atoms with Gasteiger partial charge in [0.25, 0.3) is 0 Å². The Kier molecular flexibility index (Phi) is 4.13. The molecule has 1 aromatic rings. The molecule has 1 aromatic heterocycles. The predicted molar refractivity (Wildman–Crippen MR) is 79.6 cm³/mol. The van der Waals surface area contributed by atoms with Gasteiger partial charge in [0.1, 0.15) is 5.82 Å². The molecule has 1 aliphatic carbocycles. The summed E-state index contributed by atoms with van der Waals surface area (Å²) in [5.41, 5.74) is 0.323. The van der Waals surface area contributed by atoms with Crippen LogP contribution >= 0.6 is 0 Å². The fraction of sp³-hybridized carbons (Fsp3) is 0.812. The van der Waals surface area contributed by atoms with Crippen molar-refractivity contribution in [3.05, 3.63) is 18.2 Å². The van der Waals surface area contributed by atoms with Crippen LogP contribution in [-0.2, 0) is 18.2 Å². The minimum atomic E-state index is 0.323. The molecule has 3 rings (SSSR count). The van der Waals surface area contributed by atoms with E-state index in [9.17, 15) is 0 Å². The van der Waals surface area contributed by atoms with Crippen molar-refractivity contribution in [1.29, 1.82) is 0 Å². The van der Waals surface area contributed by atoms with Crippen LogP contribution in [0.25, 0.3) is 0 Å². The molecular weight excluding hydrogens is 250 g/mol. The molecule has 4 heteroatoms. The Morgan fingerprint density at radius 2 is 2.35 bits per heavy atom. The smallest absolute Gasteiger partial charge is 0.108 e. The predicted octanol–water partition coefficient (Wildman–Crippen LogP) is 2.15. The molecule has 2 heterocycles. The lowest BCUT2D eigenvalue weighted by Gasteiger charge is -2.34. The first kappa shape index (κ1) is 14.1. The van der Waals surface area contributed by atoms with Crippen molar-refractivity contribution in [2.45, 2.75) is 45.1 Å². The molecule has 112 valence electrons. The number of aromatic nitrogens is 2. The minimum Gasteiger partial charge on any atom is -0.377 e. The number of ether oxygens (including phenoxy) is 1. The van der Waals surface area contributed by atoms with E-state index < -0.39 is 0 Å². The van der Waals surface area contributed by atoms with Gasteiger partial charge >= 0.3 is 0 Å². The Balaban J connectivity index is 1.70. The molecular formula is C16H27N3O. The minimum absolute atomic E-state index is 0.323. The molecule has 20 heavy (non-hydrogen) atoms. The molecule has 1 saturated heterocycles. The van der Waals surface area contributed by atoms with E-state index in [0.717, 1.165) is 32.0 Å². The highest BCUT2D eigenvalue weighted by molar-refractivity contribution is 5.03. The maximum atomic E-state index is 6.12. The highest BCUT2D eigenvalue weighted by Gasteiger charge is 2.50. The van der Waals surface area contributed by atoms with E-state index in [4.69, 9.17) is 4.74 Å². The molecule has 0 spiro atoms. The molecule has 2 aliphatic rings. The van der Waals surface area contributed by atoms with Crippen LogP contribution in [-0.4, -0.2) is 35.4 Å². The van der Waals surface area contributed by atoms with Crippen LogP contribution in [0, 0.1) is 11.3 Å². The molecule has 0 aromatic carbocycles. The van der Waals surface area contributed by atoms with Gasteiger partial charge in [0.2, 0.25) is 0 Å². The Morgan fingerprint density at radius 1 is 1.50 bits per heavy atom. The Labute approximate surface area is 121 Å². The molecule has 2 atom stereocenters. The third-order valence-electron chi connectivity index (χ3n) is 5.05. The topological polar surface area (TPSA) is 39.1 Å². The first-order valence-electron chi connectivity index (χ1n) is 8.04. The summed E-state index contributed by atoms with van der Waals surface area (Å²) in [6.45, 7) is 5.26. The average molecular weight is 277 g/mol. The van der Waals surface area contributed by atoms with Crippen LogP contribution in [0.4, 0.5) is 0 Å². The van der Waals surface area contributed by atoms with Crippen LogP contribution in [0.5, 0.6) is 0 Å². The maximum Gasteiger partial charge on any atom is 0.108 e. The van der Waals surface area contributed by atoms with E-state index in [1.807, 2.05) is 12.4 Å². The van der Waals surface area contributed by atoms with Crippen molar-refractivity contribution in [3.8, 4) is 0 Å². The first-order chi connectivity index (χ1) is 9.75. The number of imidazole rings is 1. The molecule has 1 N–H and O–H groups in total. The van der Waals surface area contributed by atoms with Gasteiger partial charge in [-0.05, 0) is 38.1 Å². The van der Waals surface area contributed by atoms with Crippen LogP contribution < -0.4 is 5.32 Å². The van der Waals surface area contributed by atoms with Crippen LogP contribution in [0.15, 0.2) is 12.4 Å². The summed E-state index contributed by atoms with van der Waals surface area (Å²) >= 11 is 0. The zero-order valence-electron chi connectivity index (χ0n) is 12.8. The second kappa shape index (κ2) is 5.86. The van der Waals surface area contributed by atoms with E-state index in [0.29, 0.717) is 11.5 Å². The SMILES string of the molecule is CCNCC1(CCc2nccn2C)CCOC1C1CC1. The van der Waals surface area contributed by atoms with Gasteiger partial charge in [0.15, 0.2) is 0 Å². The summed E-state index contributed by atoms with van der Waals surface area (Å²) in [5, 5.41) is 3.58. The summed E-state index contributed by atoms with van der Waals surface area (Å²) in [6, 6.07) is 0. The highest BCUT2D eigenvalue weighted by atomic mass is 16.5. The first-order valence-corrected chi connectivity index (χ1v) is 8.04. The zero-order chi connectivity index (χ0) is 14.0. The maximum absolute atomic E-state index is 6.12. The normalized spacial score (nSPS) is 30.0.